The van der Waals surface area contributed by atoms with Crippen molar-refractivity contribution in [1.82, 2.24) is 4.90 Å². The first kappa shape index (κ1) is 16.4. The van der Waals surface area contributed by atoms with Gasteiger partial charge in [-0.1, -0.05) is 23.7 Å². The minimum Gasteiger partial charge on any atom is -0.368 e. The SMILES string of the molecule is CC1CN2CC(C)O[Si](c3cccc(Cl)c3)(OCC2(C)C)O1. The maximum atomic E-state index is 6.35. The van der Waals surface area contributed by atoms with Gasteiger partial charge in [0, 0.05) is 28.8 Å². The molecule has 4 nitrogen and oxygen atoms in total. The Morgan fingerprint density at radius 3 is 2.41 bits per heavy atom. The van der Waals surface area contributed by atoms with Crippen LogP contribution in [0.15, 0.2) is 24.3 Å². The van der Waals surface area contributed by atoms with E-state index >= 15 is 0 Å². The molecule has 0 N–H and O–H groups in total. The second-order valence-corrected chi connectivity index (χ2v) is 9.82. The van der Waals surface area contributed by atoms with E-state index in [0.717, 1.165) is 18.3 Å². The summed E-state index contributed by atoms with van der Waals surface area (Å²) in [4.78, 5) is 2.40. The molecule has 1 aromatic carbocycles. The summed E-state index contributed by atoms with van der Waals surface area (Å²) in [6, 6.07) is 7.72. The third kappa shape index (κ3) is 3.11. The first-order valence-corrected chi connectivity index (χ1v) is 9.92. The summed E-state index contributed by atoms with van der Waals surface area (Å²) in [6.45, 7) is 11.0. The molecule has 2 bridgehead atoms. The molecule has 0 radical (unpaired) electrons. The standard InChI is InChI=1S/C16H24ClNO3Si/c1-12-9-18-10-13(2)21-22(20-12,19-11-16(18,3)4)15-7-5-6-14(17)8-15/h5-8,12-13H,9-11H2,1-4H3. The number of benzene rings is 1. The van der Waals surface area contributed by atoms with Crippen LogP contribution in [0.3, 0.4) is 0 Å². The molecule has 2 atom stereocenters. The van der Waals surface area contributed by atoms with Gasteiger partial charge in [0.15, 0.2) is 0 Å². The van der Waals surface area contributed by atoms with E-state index in [4.69, 9.17) is 24.9 Å². The van der Waals surface area contributed by atoms with Gasteiger partial charge in [-0.15, -0.1) is 0 Å². The molecule has 0 aromatic heterocycles. The zero-order valence-electron chi connectivity index (χ0n) is 13.6. The second kappa shape index (κ2) is 5.89. The maximum Gasteiger partial charge on any atom is 0.537 e. The smallest absolute Gasteiger partial charge is 0.368 e. The lowest BCUT2D eigenvalue weighted by atomic mass is 10.0. The monoisotopic (exact) mass is 341 g/mol. The molecule has 4 rings (SSSR count). The number of fused-ring (bicyclic) bond motifs is 6. The van der Waals surface area contributed by atoms with Gasteiger partial charge in [-0.05, 0) is 39.8 Å². The lowest BCUT2D eigenvalue weighted by Crippen LogP contribution is -2.69. The minimum atomic E-state index is -2.96. The summed E-state index contributed by atoms with van der Waals surface area (Å²) in [5.74, 6) is 0. The Morgan fingerprint density at radius 1 is 1.18 bits per heavy atom. The van der Waals surface area contributed by atoms with Crippen LogP contribution in [0, 0.1) is 0 Å². The lowest BCUT2D eigenvalue weighted by molar-refractivity contribution is -0.0950. The predicted molar refractivity (Wildman–Crippen MR) is 89.5 cm³/mol. The summed E-state index contributed by atoms with van der Waals surface area (Å²) in [7, 11) is -2.96. The molecule has 0 amide bonds. The summed E-state index contributed by atoms with van der Waals surface area (Å²) in [5.41, 5.74) is -0.0348. The molecule has 2 unspecified atom stereocenters. The van der Waals surface area contributed by atoms with E-state index in [-0.39, 0.29) is 17.7 Å². The van der Waals surface area contributed by atoms with Crippen molar-refractivity contribution in [2.45, 2.75) is 45.4 Å². The molecule has 3 aliphatic heterocycles. The van der Waals surface area contributed by atoms with Crippen molar-refractivity contribution in [2.75, 3.05) is 19.7 Å². The first-order chi connectivity index (χ1) is 10.3. The molecule has 3 heterocycles. The molecule has 3 saturated heterocycles. The van der Waals surface area contributed by atoms with Gasteiger partial charge in [0.05, 0.1) is 18.8 Å². The molecule has 3 aliphatic rings. The van der Waals surface area contributed by atoms with E-state index in [0.29, 0.717) is 11.6 Å². The fraction of sp³-hybridized carbons (Fsp3) is 0.625. The molecule has 0 saturated carbocycles. The Morgan fingerprint density at radius 2 is 1.82 bits per heavy atom. The zero-order valence-corrected chi connectivity index (χ0v) is 15.4. The molecule has 0 aliphatic carbocycles. The first-order valence-electron chi connectivity index (χ1n) is 7.81. The van der Waals surface area contributed by atoms with Crippen molar-refractivity contribution in [2.24, 2.45) is 0 Å². The quantitative estimate of drug-likeness (QED) is 0.734. The van der Waals surface area contributed by atoms with Crippen LogP contribution in [0.25, 0.3) is 0 Å². The second-order valence-electron chi connectivity index (χ2n) is 6.93. The molecule has 22 heavy (non-hydrogen) atoms. The summed E-state index contributed by atoms with van der Waals surface area (Å²) >= 11 is 6.19. The van der Waals surface area contributed by atoms with Crippen molar-refractivity contribution < 1.29 is 13.3 Å². The predicted octanol–water partition coefficient (Wildman–Crippen LogP) is 2.42. The van der Waals surface area contributed by atoms with Crippen LogP contribution in [0.5, 0.6) is 0 Å². The fourth-order valence-corrected chi connectivity index (χ4v) is 6.45. The van der Waals surface area contributed by atoms with Crippen molar-refractivity contribution in [1.29, 1.82) is 0 Å². The Labute approximate surface area is 138 Å². The Kier molecular flexibility index (Phi) is 4.40. The molecular weight excluding hydrogens is 318 g/mol. The van der Waals surface area contributed by atoms with Crippen molar-refractivity contribution in [3.05, 3.63) is 29.3 Å². The van der Waals surface area contributed by atoms with Crippen LogP contribution in [-0.4, -0.2) is 51.1 Å². The third-order valence-corrected chi connectivity index (χ3v) is 7.52. The van der Waals surface area contributed by atoms with E-state index < -0.39 is 8.80 Å². The zero-order chi connectivity index (χ0) is 16.0. The highest BCUT2D eigenvalue weighted by Crippen LogP contribution is 2.29. The Bertz CT molecular complexity index is 540. The molecule has 122 valence electrons. The molecule has 0 spiro atoms. The maximum absolute atomic E-state index is 6.35. The number of halogens is 1. The highest BCUT2D eigenvalue weighted by molar-refractivity contribution is 6.75. The molecular formula is C16H24ClNO3Si. The van der Waals surface area contributed by atoms with Crippen LogP contribution < -0.4 is 5.19 Å². The van der Waals surface area contributed by atoms with E-state index in [9.17, 15) is 0 Å². The van der Waals surface area contributed by atoms with Crippen molar-refractivity contribution >= 4 is 25.6 Å². The number of hydrogen-bond donors (Lipinski definition) is 0. The van der Waals surface area contributed by atoms with Gasteiger partial charge in [-0.2, -0.15) is 0 Å². The Balaban J connectivity index is 2.06. The number of nitrogens with zero attached hydrogens (tertiary/aromatic N) is 1. The third-order valence-electron chi connectivity index (χ3n) is 4.32. The lowest BCUT2D eigenvalue weighted by Gasteiger charge is -2.50. The average Bonchev–Trinajstić information content (AvgIpc) is 2.41. The Hall–Kier alpha value is -0.433. The van der Waals surface area contributed by atoms with Gasteiger partial charge < -0.3 is 13.3 Å². The van der Waals surface area contributed by atoms with Crippen LogP contribution in [0.2, 0.25) is 5.02 Å². The van der Waals surface area contributed by atoms with Gasteiger partial charge in [0.2, 0.25) is 0 Å². The van der Waals surface area contributed by atoms with E-state index in [2.05, 4.69) is 32.6 Å². The molecule has 1 aromatic rings. The van der Waals surface area contributed by atoms with Gasteiger partial charge >= 0.3 is 8.80 Å². The highest BCUT2D eigenvalue weighted by Gasteiger charge is 2.52. The highest BCUT2D eigenvalue weighted by atomic mass is 35.5. The number of rotatable bonds is 1. The summed E-state index contributed by atoms with van der Waals surface area (Å²) < 4.78 is 19.0. The average molecular weight is 342 g/mol. The minimum absolute atomic E-state index is 0.0348. The van der Waals surface area contributed by atoms with E-state index in [1.807, 2.05) is 24.3 Å². The largest absolute Gasteiger partial charge is 0.537 e. The molecule has 3 fully saturated rings. The van der Waals surface area contributed by atoms with Crippen LogP contribution in [-0.2, 0) is 13.3 Å². The normalized spacial score (nSPS) is 38.1. The topological polar surface area (TPSA) is 30.9 Å². The fourth-order valence-electron chi connectivity index (χ4n) is 3.15. The van der Waals surface area contributed by atoms with Crippen molar-refractivity contribution in [3.63, 3.8) is 0 Å². The molecule has 6 heteroatoms. The van der Waals surface area contributed by atoms with Gasteiger partial charge in [-0.25, -0.2) is 0 Å². The van der Waals surface area contributed by atoms with Crippen molar-refractivity contribution in [3.8, 4) is 0 Å². The van der Waals surface area contributed by atoms with Gasteiger partial charge in [0.25, 0.3) is 0 Å². The van der Waals surface area contributed by atoms with Gasteiger partial charge in [0.1, 0.15) is 0 Å². The van der Waals surface area contributed by atoms with E-state index in [1.165, 1.54) is 0 Å². The van der Waals surface area contributed by atoms with Crippen LogP contribution in [0.4, 0.5) is 0 Å². The summed E-state index contributed by atoms with van der Waals surface area (Å²) in [5, 5.41) is 1.63. The van der Waals surface area contributed by atoms with Crippen LogP contribution in [0.1, 0.15) is 27.7 Å². The summed E-state index contributed by atoms with van der Waals surface area (Å²) in [6.07, 6.45) is 0.107. The van der Waals surface area contributed by atoms with E-state index in [1.54, 1.807) is 0 Å². The van der Waals surface area contributed by atoms with Gasteiger partial charge in [-0.3, -0.25) is 4.90 Å². The number of hydrogen-bond acceptors (Lipinski definition) is 4. The van der Waals surface area contributed by atoms with Crippen LogP contribution >= 0.6 is 11.6 Å².